The predicted octanol–water partition coefficient (Wildman–Crippen LogP) is 2.94. The Bertz CT molecular complexity index is 596. The third-order valence-electron chi connectivity index (χ3n) is 4.09. The second-order valence-electron chi connectivity index (χ2n) is 6.62. The average molecular weight is 338 g/mol. The van der Waals surface area contributed by atoms with E-state index in [0.717, 1.165) is 12.8 Å². The van der Waals surface area contributed by atoms with E-state index < -0.39 is 5.54 Å². The first kappa shape index (κ1) is 17.8. The van der Waals surface area contributed by atoms with Gasteiger partial charge in [0.25, 0.3) is 5.91 Å². The highest BCUT2D eigenvalue weighted by atomic mass is 35.5. The zero-order chi connectivity index (χ0) is 17.0. The SMILES string of the molecule is CC(C)CNC(=O)c1ccc(NC(=O)C2(N)CCCC2)cc1Cl. The van der Waals surface area contributed by atoms with Gasteiger partial charge in [0.15, 0.2) is 0 Å². The van der Waals surface area contributed by atoms with Crippen LogP contribution >= 0.6 is 11.6 Å². The maximum atomic E-state index is 12.3. The van der Waals surface area contributed by atoms with Gasteiger partial charge in [-0.05, 0) is 37.0 Å². The Morgan fingerprint density at radius 2 is 1.96 bits per heavy atom. The van der Waals surface area contributed by atoms with Crippen LogP contribution in [0.25, 0.3) is 0 Å². The molecule has 1 fully saturated rings. The molecule has 1 aliphatic carbocycles. The number of anilines is 1. The van der Waals surface area contributed by atoms with Gasteiger partial charge in [-0.2, -0.15) is 0 Å². The Hall–Kier alpha value is -1.59. The van der Waals surface area contributed by atoms with Gasteiger partial charge in [0.2, 0.25) is 5.91 Å². The quantitative estimate of drug-likeness (QED) is 0.772. The molecule has 1 saturated carbocycles. The number of benzene rings is 1. The number of carbonyl (C=O) groups is 2. The van der Waals surface area contributed by atoms with Gasteiger partial charge in [0.05, 0.1) is 16.1 Å². The second-order valence-corrected chi connectivity index (χ2v) is 7.02. The molecule has 0 aromatic heterocycles. The molecule has 4 N–H and O–H groups in total. The normalized spacial score (nSPS) is 16.4. The van der Waals surface area contributed by atoms with Crippen LogP contribution in [-0.4, -0.2) is 23.9 Å². The first-order chi connectivity index (χ1) is 10.8. The maximum absolute atomic E-state index is 12.3. The molecule has 0 unspecified atom stereocenters. The molecule has 0 heterocycles. The number of amides is 2. The van der Waals surface area contributed by atoms with Crippen LogP contribution in [0.3, 0.4) is 0 Å². The number of nitrogens with two attached hydrogens (primary N) is 1. The number of nitrogens with one attached hydrogen (secondary N) is 2. The minimum atomic E-state index is -0.792. The molecule has 2 rings (SSSR count). The first-order valence-electron chi connectivity index (χ1n) is 8.00. The van der Waals surface area contributed by atoms with Crippen LogP contribution in [0, 0.1) is 5.92 Å². The van der Waals surface area contributed by atoms with E-state index in [9.17, 15) is 9.59 Å². The van der Waals surface area contributed by atoms with Crippen LogP contribution in [0.5, 0.6) is 0 Å². The fourth-order valence-electron chi connectivity index (χ4n) is 2.66. The van der Waals surface area contributed by atoms with Crippen LogP contribution in [0.4, 0.5) is 5.69 Å². The molecule has 1 aliphatic rings. The Kier molecular flexibility index (Phi) is 5.65. The molecule has 1 aromatic carbocycles. The number of hydrogen-bond donors (Lipinski definition) is 3. The van der Waals surface area contributed by atoms with Crippen molar-refractivity contribution in [2.75, 3.05) is 11.9 Å². The van der Waals surface area contributed by atoms with E-state index in [4.69, 9.17) is 17.3 Å². The highest BCUT2D eigenvalue weighted by molar-refractivity contribution is 6.34. The highest BCUT2D eigenvalue weighted by Crippen LogP contribution is 2.29. The van der Waals surface area contributed by atoms with E-state index >= 15 is 0 Å². The van der Waals surface area contributed by atoms with Gasteiger partial charge in [0, 0.05) is 12.2 Å². The minimum Gasteiger partial charge on any atom is -0.352 e. The van der Waals surface area contributed by atoms with E-state index in [-0.39, 0.29) is 11.8 Å². The number of rotatable bonds is 5. The van der Waals surface area contributed by atoms with E-state index in [0.29, 0.717) is 41.6 Å². The first-order valence-corrected chi connectivity index (χ1v) is 8.38. The molecular weight excluding hydrogens is 314 g/mol. The summed E-state index contributed by atoms with van der Waals surface area (Å²) in [5.74, 6) is -0.0424. The van der Waals surface area contributed by atoms with E-state index in [1.165, 1.54) is 0 Å². The second kappa shape index (κ2) is 7.32. The van der Waals surface area contributed by atoms with Crippen molar-refractivity contribution in [3.05, 3.63) is 28.8 Å². The molecule has 0 atom stereocenters. The van der Waals surface area contributed by atoms with Gasteiger partial charge >= 0.3 is 0 Å². The lowest BCUT2D eigenvalue weighted by Crippen LogP contribution is -2.48. The van der Waals surface area contributed by atoms with Crippen LogP contribution in [0.1, 0.15) is 49.9 Å². The molecule has 0 saturated heterocycles. The van der Waals surface area contributed by atoms with Crippen LogP contribution in [0.2, 0.25) is 5.02 Å². The summed E-state index contributed by atoms with van der Waals surface area (Å²) in [5.41, 5.74) is 6.28. The summed E-state index contributed by atoms with van der Waals surface area (Å²) in [6, 6.07) is 4.87. The molecule has 5 nitrogen and oxygen atoms in total. The van der Waals surface area contributed by atoms with Crippen molar-refractivity contribution in [2.24, 2.45) is 11.7 Å². The molecule has 2 amide bonds. The summed E-state index contributed by atoms with van der Waals surface area (Å²) in [5, 5.41) is 5.93. The summed E-state index contributed by atoms with van der Waals surface area (Å²) in [4.78, 5) is 24.3. The molecule has 0 spiro atoms. The number of carbonyl (C=O) groups excluding carboxylic acids is 2. The minimum absolute atomic E-state index is 0.192. The lowest BCUT2D eigenvalue weighted by atomic mass is 9.98. The molecule has 0 radical (unpaired) electrons. The highest BCUT2D eigenvalue weighted by Gasteiger charge is 2.37. The fourth-order valence-corrected chi connectivity index (χ4v) is 2.92. The summed E-state index contributed by atoms with van der Waals surface area (Å²) < 4.78 is 0. The molecule has 126 valence electrons. The summed E-state index contributed by atoms with van der Waals surface area (Å²) >= 11 is 6.17. The zero-order valence-electron chi connectivity index (χ0n) is 13.6. The van der Waals surface area contributed by atoms with Crippen molar-refractivity contribution in [3.8, 4) is 0 Å². The summed E-state index contributed by atoms with van der Waals surface area (Å²) in [7, 11) is 0. The van der Waals surface area contributed by atoms with E-state index in [1.54, 1.807) is 18.2 Å². The molecule has 6 heteroatoms. The molecule has 0 aliphatic heterocycles. The Labute approximate surface area is 142 Å². The van der Waals surface area contributed by atoms with Gasteiger partial charge in [-0.1, -0.05) is 38.3 Å². The van der Waals surface area contributed by atoms with Gasteiger partial charge in [-0.3, -0.25) is 9.59 Å². The van der Waals surface area contributed by atoms with Gasteiger partial charge in [-0.15, -0.1) is 0 Å². The topological polar surface area (TPSA) is 84.2 Å². The smallest absolute Gasteiger partial charge is 0.252 e. The van der Waals surface area contributed by atoms with Crippen molar-refractivity contribution in [1.29, 1.82) is 0 Å². The molecule has 0 bridgehead atoms. The maximum Gasteiger partial charge on any atom is 0.252 e. The lowest BCUT2D eigenvalue weighted by molar-refractivity contribution is -0.121. The molecular formula is C17H24ClN3O2. The third kappa shape index (κ3) is 4.45. The van der Waals surface area contributed by atoms with Gasteiger partial charge in [0.1, 0.15) is 0 Å². The summed E-state index contributed by atoms with van der Waals surface area (Å²) in [6.45, 7) is 4.63. The standard InChI is InChI=1S/C17H24ClN3O2/c1-11(2)10-20-15(22)13-6-5-12(9-14(13)18)21-16(23)17(19)7-3-4-8-17/h5-6,9,11H,3-4,7-8,10,19H2,1-2H3,(H,20,22)(H,21,23). The van der Waals surface area contributed by atoms with E-state index in [1.807, 2.05) is 13.8 Å². The molecule has 23 heavy (non-hydrogen) atoms. The average Bonchev–Trinajstić information content (AvgIpc) is 2.93. The van der Waals surface area contributed by atoms with Gasteiger partial charge in [-0.25, -0.2) is 0 Å². The van der Waals surface area contributed by atoms with Crippen LogP contribution < -0.4 is 16.4 Å². The van der Waals surface area contributed by atoms with Crippen LogP contribution in [-0.2, 0) is 4.79 Å². The predicted molar refractivity (Wildman–Crippen MR) is 92.6 cm³/mol. The van der Waals surface area contributed by atoms with Crippen LogP contribution in [0.15, 0.2) is 18.2 Å². The largest absolute Gasteiger partial charge is 0.352 e. The van der Waals surface area contributed by atoms with Crippen molar-refractivity contribution >= 4 is 29.1 Å². The molecule has 1 aromatic rings. The fraction of sp³-hybridized carbons (Fsp3) is 0.529. The zero-order valence-corrected chi connectivity index (χ0v) is 14.4. The van der Waals surface area contributed by atoms with Crippen molar-refractivity contribution in [1.82, 2.24) is 5.32 Å². The monoisotopic (exact) mass is 337 g/mol. The van der Waals surface area contributed by atoms with Gasteiger partial charge < -0.3 is 16.4 Å². The summed E-state index contributed by atoms with van der Waals surface area (Å²) in [6.07, 6.45) is 3.34. The lowest BCUT2D eigenvalue weighted by Gasteiger charge is -2.22. The number of hydrogen-bond acceptors (Lipinski definition) is 3. The number of halogens is 1. The third-order valence-corrected chi connectivity index (χ3v) is 4.40. The van der Waals surface area contributed by atoms with Crippen molar-refractivity contribution in [2.45, 2.75) is 45.1 Å². The van der Waals surface area contributed by atoms with Crippen molar-refractivity contribution < 1.29 is 9.59 Å². The Balaban J connectivity index is 2.04. The van der Waals surface area contributed by atoms with E-state index in [2.05, 4.69) is 10.6 Å². The Morgan fingerprint density at radius 1 is 1.30 bits per heavy atom. The Morgan fingerprint density at radius 3 is 2.52 bits per heavy atom. The van der Waals surface area contributed by atoms with Crippen molar-refractivity contribution in [3.63, 3.8) is 0 Å².